The van der Waals surface area contributed by atoms with Gasteiger partial charge in [0.15, 0.2) is 18.2 Å². The average Bonchev–Trinajstić information content (AvgIpc) is 2.47. The van der Waals surface area contributed by atoms with Gasteiger partial charge in [-0.15, -0.1) is 0 Å². The molecule has 0 aromatic carbocycles. The first-order chi connectivity index (χ1) is 6.99. The molecule has 1 heterocycles. The van der Waals surface area contributed by atoms with Gasteiger partial charge in [0.25, 0.3) is 0 Å². The zero-order chi connectivity index (χ0) is 11.5. The zero-order valence-corrected chi connectivity index (χ0v) is 8.63. The van der Waals surface area contributed by atoms with E-state index in [0.29, 0.717) is 12.6 Å². The number of carbonyl (C=O) groups is 2. The first kappa shape index (κ1) is 12.3. The van der Waals surface area contributed by atoms with Crippen LogP contribution in [-0.2, 0) is 23.8 Å². The Bertz CT molecular complexity index is 251. The summed E-state index contributed by atoms with van der Waals surface area (Å²) < 4.78 is 15.5. The van der Waals surface area contributed by atoms with Crippen molar-refractivity contribution in [3.63, 3.8) is 0 Å². The highest BCUT2D eigenvalue weighted by atomic mass is 16.8. The predicted octanol–water partition coefficient (Wildman–Crippen LogP) is -0.759. The molecule has 1 N–H and O–H groups in total. The van der Waals surface area contributed by atoms with Crippen molar-refractivity contribution < 1.29 is 28.9 Å². The molecule has 1 aliphatic rings. The van der Waals surface area contributed by atoms with E-state index in [4.69, 9.17) is 14.2 Å². The molecule has 0 amide bonds. The van der Waals surface area contributed by atoms with Crippen LogP contribution in [-0.4, -0.2) is 48.6 Å². The van der Waals surface area contributed by atoms with Crippen molar-refractivity contribution in [2.45, 2.75) is 31.5 Å². The van der Waals surface area contributed by atoms with Gasteiger partial charge in [0.05, 0.1) is 0 Å². The van der Waals surface area contributed by atoms with E-state index in [9.17, 15) is 14.7 Å². The first-order valence-corrected chi connectivity index (χ1v) is 4.51. The number of aldehydes is 2. The second-order valence-corrected chi connectivity index (χ2v) is 3.62. The number of hydrogen-bond donors (Lipinski definition) is 1. The summed E-state index contributed by atoms with van der Waals surface area (Å²) in [4.78, 5) is 20.9. The van der Waals surface area contributed by atoms with Gasteiger partial charge in [-0.1, -0.05) is 0 Å². The Hall–Kier alpha value is -0.820. The van der Waals surface area contributed by atoms with Crippen LogP contribution in [0.25, 0.3) is 0 Å². The van der Waals surface area contributed by atoms with E-state index in [0.717, 1.165) is 0 Å². The lowest BCUT2D eigenvalue weighted by molar-refractivity contribution is -0.265. The highest BCUT2D eigenvalue weighted by Crippen LogP contribution is 2.36. The van der Waals surface area contributed by atoms with Gasteiger partial charge in [-0.25, -0.2) is 0 Å². The van der Waals surface area contributed by atoms with Gasteiger partial charge in [-0.05, 0) is 13.8 Å². The Morgan fingerprint density at radius 3 is 2.60 bits per heavy atom. The number of rotatable bonds is 5. The Labute approximate surface area is 87.1 Å². The lowest BCUT2D eigenvalue weighted by Crippen LogP contribution is -2.47. The number of aliphatic hydroxyl groups excluding tert-OH is 1. The summed E-state index contributed by atoms with van der Waals surface area (Å²) in [5, 5.41) is 9.17. The van der Waals surface area contributed by atoms with Crippen molar-refractivity contribution in [1.29, 1.82) is 0 Å². The van der Waals surface area contributed by atoms with E-state index < -0.39 is 24.3 Å². The maximum atomic E-state index is 10.7. The van der Waals surface area contributed by atoms with E-state index >= 15 is 0 Å². The molecule has 1 rings (SSSR count). The maximum absolute atomic E-state index is 10.7. The molecule has 0 radical (unpaired) electrons. The minimum absolute atomic E-state index is 0.273. The van der Waals surface area contributed by atoms with Gasteiger partial charge in [-0.3, -0.25) is 0 Å². The Morgan fingerprint density at radius 2 is 2.13 bits per heavy atom. The van der Waals surface area contributed by atoms with E-state index in [-0.39, 0.29) is 6.61 Å². The van der Waals surface area contributed by atoms with E-state index in [1.54, 1.807) is 13.8 Å². The van der Waals surface area contributed by atoms with Gasteiger partial charge in [0, 0.05) is 0 Å². The molecule has 1 aliphatic heterocycles. The van der Waals surface area contributed by atoms with Crippen molar-refractivity contribution in [3.8, 4) is 0 Å². The minimum Gasteiger partial charge on any atom is -0.391 e. The topological polar surface area (TPSA) is 82.1 Å². The predicted molar refractivity (Wildman–Crippen MR) is 47.9 cm³/mol. The third-order valence-electron chi connectivity index (χ3n) is 2.00. The van der Waals surface area contributed by atoms with Gasteiger partial charge >= 0.3 is 0 Å². The second-order valence-electron chi connectivity index (χ2n) is 3.62. The van der Waals surface area contributed by atoms with E-state index in [1.165, 1.54) is 0 Å². The number of ether oxygens (including phenoxy) is 3. The fourth-order valence-electron chi connectivity index (χ4n) is 1.48. The lowest BCUT2D eigenvalue weighted by Gasteiger charge is -2.28. The van der Waals surface area contributed by atoms with Crippen LogP contribution in [0.2, 0.25) is 0 Å². The van der Waals surface area contributed by atoms with Crippen LogP contribution < -0.4 is 0 Å². The number of hydrogen-bond acceptors (Lipinski definition) is 6. The third-order valence-corrected chi connectivity index (χ3v) is 2.00. The highest BCUT2D eigenvalue weighted by molar-refractivity contribution is 5.59. The van der Waals surface area contributed by atoms with Crippen LogP contribution in [0.3, 0.4) is 0 Å². The molecule has 86 valence electrons. The summed E-state index contributed by atoms with van der Waals surface area (Å²) in [5.41, 5.74) is 0. The fraction of sp³-hybridized carbons (Fsp3) is 0.778. The molecular weight excluding hydrogens is 204 g/mol. The van der Waals surface area contributed by atoms with Gasteiger partial charge in [0.1, 0.15) is 19.5 Å². The summed E-state index contributed by atoms with van der Waals surface area (Å²) in [6.45, 7) is 2.34. The second kappa shape index (κ2) is 4.36. The zero-order valence-electron chi connectivity index (χ0n) is 8.63. The summed E-state index contributed by atoms with van der Waals surface area (Å²) >= 11 is 0. The van der Waals surface area contributed by atoms with Crippen LogP contribution >= 0.6 is 0 Å². The first-order valence-electron chi connectivity index (χ1n) is 4.51. The smallest absolute Gasteiger partial charge is 0.228 e. The van der Waals surface area contributed by atoms with E-state index in [2.05, 4.69) is 0 Å². The van der Waals surface area contributed by atoms with Crippen molar-refractivity contribution in [3.05, 3.63) is 0 Å². The molecule has 6 nitrogen and oxygen atoms in total. The highest BCUT2D eigenvalue weighted by Gasteiger charge is 2.54. The molecule has 6 heteroatoms. The summed E-state index contributed by atoms with van der Waals surface area (Å²) in [7, 11) is 0. The number of carbonyl (C=O) groups excluding carboxylic acids is 2. The molecule has 2 atom stereocenters. The van der Waals surface area contributed by atoms with Crippen LogP contribution in [0.15, 0.2) is 0 Å². The normalized spacial score (nSPS) is 33.9. The Balaban J connectivity index is 2.85. The summed E-state index contributed by atoms with van der Waals surface area (Å²) in [6, 6.07) is 0. The molecule has 1 saturated heterocycles. The summed E-state index contributed by atoms with van der Waals surface area (Å²) in [5.74, 6) is -2.61. The standard InChI is InChI=1S/C9H14O6/c1-8(2)14-7(5-11)9(6-12,15-8)13-4-3-10/h3,5,7,12H,4,6H2,1-2H3/t7-,9+/m0/s1. The lowest BCUT2D eigenvalue weighted by atomic mass is 10.2. The van der Waals surface area contributed by atoms with Crippen molar-refractivity contribution in [2.75, 3.05) is 13.2 Å². The molecule has 0 aromatic heterocycles. The van der Waals surface area contributed by atoms with Gasteiger partial charge in [0.2, 0.25) is 5.79 Å². The average molecular weight is 218 g/mol. The van der Waals surface area contributed by atoms with Crippen molar-refractivity contribution in [2.24, 2.45) is 0 Å². The van der Waals surface area contributed by atoms with E-state index in [1.807, 2.05) is 0 Å². The molecule has 0 spiro atoms. The van der Waals surface area contributed by atoms with Crippen molar-refractivity contribution in [1.82, 2.24) is 0 Å². The molecular formula is C9H14O6. The summed E-state index contributed by atoms with van der Waals surface area (Å²) in [6.07, 6.45) is -0.0542. The largest absolute Gasteiger partial charge is 0.391 e. The SMILES string of the molecule is CC1(C)O[C@@H](C=O)[C@](CO)(OCC=O)O1. The number of aliphatic hydroxyl groups is 1. The molecule has 0 unspecified atom stereocenters. The van der Waals surface area contributed by atoms with Crippen LogP contribution in [0, 0.1) is 0 Å². The molecule has 0 aliphatic carbocycles. The van der Waals surface area contributed by atoms with Gasteiger partial charge in [-0.2, -0.15) is 0 Å². The van der Waals surface area contributed by atoms with Crippen LogP contribution in [0.1, 0.15) is 13.8 Å². The molecule has 15 heavy (non-hydrogen) atoms. The molecule has 0 saturated carbocycles. The monoisotopic (exact) mass is 218 g/mol. The van der Waals surface area contributed by atoms with Crippen LogP contribution in [0.4, 0.5) is 0 Å². The van der Waals surface area contributed by atoms with Crippen molar-refractivity contribution >= 4 is 12.6 Å². The quantitative estimate of drug-likeness (QED) is 0.611. The molecule has 0 bridgehead atoms. The Kier molecular flexibility index (Phi) is 3.56. The minimum atomic E-state index is -1.58. The Morgan fingerprint density at radius 1 is 1.47 bits per heavy atom. The maximum Gasteiger partial charge on any atom is 0.228 e. The van der Waals surface area contributed by atoms with Gasteiger partial charge < -0.3 is 28.9 Å². The molecule has 1 fully saturated rings. The fourth-order valence-corrected chi connectivity index (χ4v) is 1.48. The van der Waals surface area contributed by atoms with Crippen LogP contribution in [0.5, 0.6) is 0 Å². The third kappa shape index (κ3) is 2.40. The molecule has 0 aromatic rings.